The summed E-state index contributed by atoms with van der Waals surface area (Å²) < 4.78 is 89.4. The molecule has 2 aromatic heterocycles. The van der Waals surface area contributed by atoms with Gasteiger partial charge in [-0.3, -0.25) is 14.2 Å². The fourth-order valence-electron chi connectivity index (χ4n) is 3.73. The third-order valence-electron chi connectivity index (χ3n) is 5.81. The number of alkyl halides is 7. The summed E-state index contributed by atoms with van der Waals surface area (Å²) in [7, 11) is 0. The molecular weight excluding hydrogens is 529 g/mol. The van der Waals surface area contributed by atoms with Gasteiger partial charge in [-0.25, -0.2) is 9.97 Å². The predicted molar refractivity (Wildman–Crippen MR) is 131 cm³/mol. The third kappa shape index (κ3) is 8.33. The number of amides is 1. The predicted octanol–water partition coefficient (Wildman–Crippen LogP) is 7.24. The average molecular weight is 555 g/mol. The van der Waals surface area contributed by atoms with E-state index in [1.54, 1.807) is 24.3 Å². The van der Waals surface area contributed by atoms with Crippen LogP contribution >= 0.6 is 0 Å². The molecule has 3 aromatic rings. The molecule has 0 spiro atoms. The Morgan fingerprint density at radius 1 is 0.846 bits per heavy atom. The van der Waals surface area contributed by atoms with Gasteiger partial charge in [0.25, 0.3) is 5.91 Å². The number of hydrogen-bond acceptors (Lipinski definition) is 4. The number of nitrogens with zero attached hydrogens (tertiary/aromatic N) is 4. The highest BCUT2D eigenvalue weighted by atomic mass is 19.4. The fourth-order valence-corrected chi connectivity index (χ4v) is 3.73. The molecule has 0 atom stereocenters. The van der Waals surface area contributed by atoms with E-state index in [0.717, 1.165) is 24.7 Å². The molecule has 0 saturated heterocycles. The van der Waals surface area contributed by atoms with Gasteiger partial charge in [0.2, 0.25) is 5.82 Å². The van der Waals surface area contributed by atoms with Crippen molar-refractivity contribution in [2.45, 2.75) is 44.5 Å². The summed E-state index contributed by atoms with van der Waals surface area (Å²) in [4.78, 5) is 25.0. The van der Waals surface area contributed by atoms with Gasteiger partial charge in [-0.2, -0.15) is 26.3 Å². The van der Waals surface area contributed by atoms with Gasteiger partial charge in [0.15, 0.2) is 0 Å². The highest BCUT2D eigenvalue weighted by Crippen LogP contribution is 2.30. The molecule has 0 aliphatic rings. The average Bonchev–Trinajstić information content (AvgIpc) is 2.90. The summed E-state index contributed by atoms with van der Waals surface area (Å²) in [6.45, 7) is 3.14. The number of halogens is 7. The maximum Gasteiger partial charge on any atom is 0.451 e. The number of aromatic nitrogens is 3. The van der Waals surface area contributed by atoms with E-state index in [-0.39, 0.29) is 18.5 Å². The molecule has 1 amide bonds. The van der Waals surface area contributed by atoms with Gasteiger partial charge in [0.05, 0.1) is 12.2 Å². The molecule has 208 valence electrons. The molecule has 0 saturated carbocycles. The van der Waals surface area contributed by atoms with Crippen molar-refractivity contribution in [3.05, 3.63) is 84.2 Å². The van der Waals surface area contributed by atoms with E-state index < -0.39 is 36.3 Å². The van der Waals surface area contributed by atoms with Crippen molar-refractivity contribution >= 4 is 11.6 Å². The van der Waals surface area contributed by atoms with Crippen molar-refractivity contribution in [2.75, 3.05) is 18.1 Å². The Morgan fingerprint density at radius 2 is 1.56 bits per heavy atom. The van der Waals surface area contributed by atoms with Gasteiger partial charge >= 0.3 is 12.4 Å². The molecule has 3 rings (SSSR count). The number of carbonyl (C=O) groups excluding carboxylic acids is 1. The minimum absolute atomic E-state index is 0.0646. The number of pyridine rings is 1. The molecule has 0 bridgehead atoms. The van der Waals surface area contributed by atoms with Gasteiger partial charge in [0.1, 0.15) is 0 Å². The summed E-state index contributed by atoms with van der Waals surface area (Å²) in [6, 6.07) is 8.80. The van der Waals surface area contributed by atoms with Crippen LogP contribution in [0.25, 0.3) is 11.1 Å². The molecule has 0 aliphatic carbocycles. The summed E-state index contributed by atoms with van der Waals surface area (Å²) in [5.41, 5.74) is 0.974. The second-order valence-electron chi connectivity index (χ2n) is 8.69. The number of aryl methyl sites for hydroxylation is 1. The van der Waals surface area contributed by atoms with E-state index in [1.807, 2.05) is 0 Å². The summed E-state index contributed by atoms with van der Waals surface area (Å²) in [6.07, 6.45) is -4.22. The Kier molecular flexibility index (Phi) is 9.76. The van der Waals surface area contributed by atoms with Crippen LogP contribution < -0.4 is 4.90 Å². The molecule has 0 N–H and O–H groups in total. The van der Waals surface area contributed by atoms with Gasteiger partial charge in [-0.1, -0.05) is 25.1 Å². The van der Waals surface area contributed by atoms with E-state index >= 15 is 0 Å². The first-order valence-corrected chi connectivity index (χ1v) is 12.0. The highest BCUT2D eigenvalue weighted by Gasteiger charge is 2.34. The maximum absolute atomic E-state index is 13.0. The molecule has 0 aliphatic heterocycles. The molecule has 2 heterocycles. The van der Waals surface area contributed by atoms with Crippen molar-refractivity contribution in [3.8, 4) is 11.1 Å². The fraction of sp³-hybridized carbons (Fsp3) is 0.333. The topological polar surface area (TPSA) is 59.0 Å². The molecule has 39 heavy (non-hydrogen) atoms. The smallest absolute Gasteiger partial charge is 0.309 e. The van der Waals surface area contributed by atoms with Crippen LogP contribution in [-0.4, -0.2) is 34.1 Å². The first-order valence-electron chi connectivity index (χ1n) is 12.0. The Balaban J connectivity index is 1.69. The molecule has 5 nitrogen and oxygen atoms in total. The SMILES string of the molecule is C=C(CCF)C(=O)N(CCCCCc1ccc(C(F)(F)F)cn1)c1cccc(-c2cnc(C(F)(F)F)nc2)c1. The van der Waals surface area contributed by atoms with Crippen LogP contribution in [0.2, 0.25) is 0 Å². The van der Waals surface area contributed by atoms with Crippen LogP contribution in [0.1, 0.15) is 42.8 Å². The summed E-state index contributed by atoms with van der Waals surface area (Å²) >= 11 is 0. The molecule has 0 fully saturated rings. The van der Waals surface area contributed by atoms with Gasteiger partial charge in [0, 0.05) is 54.1 Å². The van der Waals surface area contributed by atoms with E-state index in [4.69, 9.17) is 0 Å². The Hall–Kier alpha value is -3.83. The van der Waals surface area contributed by atoms with Crippen LogP contribution in [-0.2, 0) is 23.6 Å². The maximum atomic E-state index is 13.0. The number of unbranched alkanes of at least 4 members (excludes halogenated alkanes) is 2. The van der Waals surface area contributed by atoms with Gasteiger partial charge in [-0.15, -0.1) is 0 Å². The molecule has 0 unspecified atom stereocenters. The number of benzene rings is 1. The standard InChI is InChI=1S/C27H25F7N4O/c1-18(11-12-28)24(39)38(13-4-2-3-7-22-10-9-21(17-35-22)26(29,30)31)23-8-5-6-19(14-23)20-15-36-25(37-16-20)27(32,33)34/h5-6,8-10,14-17H,1-4,7,11-13H2. The van der Waals surface area contributed by atoms with Gasteiger partial charge < -0.3 is 4.90 Å². The van der Waals surface area contributed by atoms with Crippen LogP contribution in [0, 0.1) is 0 Å². The van der Waals surface area contributed by atoms with Gasteiger partial charge in [-0.05, 0) is 49.1 Å². The number of carbonyl (C=O) groups is 1. The lowest BCUT2D eigenvalue weighted by atomic mass is 10.1. The lowest BCUT2D eigenvalue weighted by Crippen LogP contribution is -2.33. The molecule has 12 heteroatoms. The second-order valence-corrected chi connectivity index (χ2v) is 8.69. The number of hydrogen-bond donors (Lipinski definition) is 0. The molecule has 1 aromatic carbocycles. The Morgan fingerprint density at radius 3 is 2.15 bits per heavy atom. The van der Waals surface area contributed by atoms with Crippen molar-refractivity contribution < 1.29 is 35.5 Å². The first-order chi connectivity index (χ1) is 18.4. The number of anilines is 1. The zero-order chi connectivity index (χ0) is 28.6. The van der Waals surface area contributed by atoms with Crippen LogP contribution in [0.4, 0.5) is 36.4 Å². The monoisotopic (exact) mass is 554 g/mol. The minimum atomic E-state index is -4.68. The zero-order valence-corrected chi connectivity index (χ0v) is 20.7. The van der Waals surface area contributed by atoms with E-state index in [1.165, 1.54) is 11.0 Å². The highest BCUT2D eigenvalue weighted by molar-refractivity contribution is 6.05. The lowest BCUT2D eigenvalue weighted by molar-refractivity contribution is -0.145. The largest absolute Gasteiger partial charge is 0.451 e. The Bertz CT molecular complexity index is 1260. The molecule has 0 radical (unpaired) electrons. The van der Waals surface area contributed by atoms with Crippen LogP contribution in [0.15, 0.2) is 67.1 Å². The van der Waals surface area contributed by atoms with E-state index in [9.17, 15) is 35.5 Å². The van der Waals surface area contributed by atoms with Crippen LogP contribution in [0.3, 0.4) is 0 Å². The van der Waals surface area contributed by atoms with Crippen molar-refractivity contribution in [1.82, 2.24) is 15.0 Å². The van der Waals surface area contributed by atoms with E-state index in [2.05, 4.69) is 21.5 Å². The number of rotatable bonds is 11. The summed E-state index contributed by atoms with van der Waals surface area (Å²) in [5.74, 6) is -1.76. The zero-order valence-electron chi connectivity index (χ0n) is 20.7. The van der Waals surface area contributed by atoms with Crippen molar-refractivity contribution in [1.29, 1.82) is 0 Å². The third-order valence-corrected chi connectivity index (χ3v) is 5.81. The second kappa shape index (κ2) is 12.8. The quantitative estimate of drug-likeness (QED) is 0.143. The lowest BCUT2D eigenvalue weighted by Gasteiger charge is -2.24. The van der Waals surface area contributed by atoms with Crippen molar-refractivity contribution in [2.24, 2.45) is 0 Å². The van der Waals surface area contributed by atoms with E-state index in [0.29, 0.717) is 48.2 Å². The summed E-state index contributed by atoms with van der Waals surface area (Å²) in [5, 5.41) is 0. The Labute approximate surface area is 220 Å². The normalized spacial score (nSPS) is 11.9. The minimum Gasteiger partial charge on any atom is -0.309 e. The van der Waals surface area contributed by atoms with Crippen molar-refractivity contribution in [3.63, 3.8) is 0 Å². The molecular formula is C27H25F7N4O. The van der Waals surface area contributed by atoms with Crippen LogP contribution in [0.5, 0.6) is 0 Å². The first kappa shape index (κ1) is 29.7.